The van der Waals surface area contributed by atoms with E-state index in [1.54, 1.807) is 19.2 Å². The standard InChI is InChI=1S/C16H21NO7.C2H6.CH4S/c1-12-11-22-8-7-20-5-6-21-9-10-23-15(18)13-3-2-4-14(17-13)16(19)24-12;2*1-2/h2-4,12H,5-11H2,1H3;1-2H3;2H,1H3. The van der Waals surface area contributed by atoms with E-state index in [2.05, 4.69) is 17.6 Å². The van der Waals surface area contributed by atoms with Crippen LogP contribution in [0.2, 0.25) is 0 Å². The number of hydrogen-bond donors (Lipinski definition) is 1. The minimum Gasteiger partial charge on any atom is -0.459 e. The summed E-state index contributed by atoms with van der Waals surface area (Å²) in [6.07, 6.45) is 1.25. The molecule has 2 heterocycles. The second-order valence-corrected chi connectivity index (χ2v) is 5.06. The molecule has 0 amide bonds. The van der Waals surface area contributed by atoms with Crippen molar-refractivity contribution in [2.45, 2.75) is 26.9 Å². The molecule has 1 aliphatic heterocycles. The molecule has 1 aliphatic rings. The summed E-state index contributed by atoms with van der Waals surface area (Å²) in [5.74, 6) is -1.25. The summed E-state index contributed by atoms with van der Waals surface area (Å²) < 4.78 is 26.2. The minimum atomic E-state index is -0.624. The Kier molecular flexibility index (Phi) is 16.4. The van der Waals surface area contributed by atoms with Crippen molar-refractivity contribution in [3.05, 3.63) is 29.6 Å². The van der Waals surface area contributed by atoms with Crippen LogP contribution in [0.3, 0.4) is 0 Å². The molecule has 2 rings (SSSR count). The lowest BCUT2D eigenvalue weighted by Gasteiger charge is -2.14. The zero-order chi connectivity index (χ0) is 21.2. The van der Waals surface area contributed by atoms with Crippen LogP contribution in [-0.2, 0) is 23.7 Å². The fourth-order valence-electron chi connectivity index (χ4n) is 1.90. The van der Waals surface area contributed by atoms with Gasteiger partial charge in [-0.1, -0.05) is 19.9 Å². The topological polar surface area (TPSA) is 93.2 Å². The molecule has 0 aliphatic carbocycles. The first-order valence-electron chi connectivity index (χ1n) is 9.20. The Morgan fingerprint density at radius 1 is 0.857 bits per heavy atom. The summed E-state index contributed by atoms with van der Waals surface area (Å²) >= 11 is 3.53. The predicted octanol–water partition coefficient (Wildman–Crippen LogP) is 2.42. The maximum Gasteiger partial charge on any atom is 0.357 e. The third-order valence-corrected chi connectivity index (χ3v) is 3.03. The maximum absolute atomic E-state index is 12.1. The van der Waals surface area contributed by atoms with E-state index in [1.165, 1.54) is 12.1 Å². The monoisotopic (exact) mass is 417 g/mol. The summed E-state index contributed by atoms with van der Waals surface area (Å²) in [6.45, 7) is 7.94. The van der Waals surface area contributed by atoms with Gasteiger partial charge in [0.25, 0.3) is 0 Å². The Balaban J connectivity index is 0.00000171. The first kappa shape index (κ1) is 26.3. The van der Waals surface area contributed by atoms with Crippen molar-refractivity contribution in [3.8, 4) is 0 Å². The van der Waals surface area contributed by atoms with Gasteiger partial charge in [0.05, 0.1) is 39.6 Å². The fraction of sp³-hybridized carbons (Fsp3) is 0.632. The Hall–Kier alpha value is -1.68. The molecule has 28 heavy (non-hydrogen) atoms. The number of esters is 2. The van der Waals surface area contributed by atoms with Crippen molar-refractivity contribution in [2.75, 3.05) is 52.5 Å². The van der Waals surface area contributed by atoms with Crippen LogP contribution in [0.4, 0.5) is 0 Å². The number of carbonyl (C=O) groups is 2. The fourth-order valence-corrected chi connectivity index (χ4v) is 1.90. The number of carbonyl (C=O) groups excluding carboxylic acids is 2. The highest BCUT2D eigenvalue weighted by atomic mass is 32.1. The highest BCUT2D eigenvalue weighted by Gasteiger charge is 2.17. The van der Waals surface area contributed by atoms with Crippen molar-refractivity contribution >= 4 is 24.6 Å². The number of nitrogens with zero attached hydrogens (tertiary/aromatic N) is 1. The van der Waals surface area contributed by atoms with Gasteiger partial charge in [-0.15, -0.1) is 0 Å². The van der Waals surface area contributed by atoms with Gasteiger partial charge in [0, 0.05) is 0 Å². The predicted molar refractivity (Wildman–Crippen MR) is 108 cm³/mol. The molecule has 160 valence electrons. The molecule has 8 nitrogen and oxygen atoms in total. The maximum atomic E-state index is 12.1. The Morgan fingerprint density at radius 2 is 1.36 bits per heavy atom. The Bertz CT molecular complexity index is 557. The number of ether oxygens (including phenoxy) is 5. The van der Waals surface area contributed by atoms with E-state index in [1.807, 2.05) is 13.8 Å². The number of aromatic nitrogens is 1. The van der Waals surface area contributed by atoms with E-state index in [0.717, 1.165) is 0 Å². The zero-order valence-electron chi connectivity index (χ0n) is 17.0. The zero-order valence-corrected chi connectivity index (χ0v) is 17.9. The van der Waals surface area contributed by atoms with Crippen LogP contribution in [-0.4, -0.2) is 75.5 Å². The third kappa shape index (κ3) is 11.2. The van der Waals surface area contributed by atoms with Crippen LogP contribution in [0.1, 0.15) is 41.7 Å². The minimum absolute atomic E-state index is 0.0389. The molecule has 9 heteroatoms. The molecule has 0 spiro atoms. The van der Waals surface area contributed by atoms with Crippen LogP contribution in [0.25, 0.3) is 0 Å². The van der Waals surface area contributed by atoms with E-state index < -0.39 is 18.0 Å². The van der Waals surface area contributed by atoms with Gasteiger partial charge in [0.1, 0.15) is 24.1 Å². The molecule has 1 aromatic rings. The van der Waals surface area contributed by atoms with Crippen molar-refractivity contribution in [3.63, 3.8) is 0 Å². The van der Waals surface area contributed by atoms with E-state index in [-0.39, 0.29) is 31.2 Å². The van der Waals surface area contributed by atoms with E-state index in [0.29, 0.717) is 26.4 Å². The first-order chi connectivity index (χ1) is 13.7. The molecule has 0 fully saturated rings. The molecule has 0 N–H and O–H groups in total. The van der Waals surface area contributed by atoms with Gasteiger partial charge >= 0.3 is 11.9 Å². The van der Waals surface area contributed by atoms with Crippen molar-refractivity contribution in [1.82, 2.24) is 4.98 Å². The Labute approximate surface area is 172 Å². The number of cyclic esters (lactones) is 2. The van der Waals surface area contributed by atoms with E-state index >= 15 is 0 Å². The molecular formula is C19H31NO7S. The average molecular weight is 418 g/mol. The van der Waals surface area contributed by atoms with E-state index in [4.69, 9.17) is 23.7 Å². The lowest BCUT2D eigenvalue weighted by molar-refractivity contribution is -0.0224. The molecule has 0 radical (unpaired) electrons. The molecular weight excluding hydrogens is 386 g/mol. The molecule has 2 bridgehead atoms. The molecule has 0 saturated heterocycles. The van der Waals surface area contributed by atoms with Gasteiger partial charge in [-0.05, 0) is 25.3 Å². The van der Waals surface area contributed by atoms with Gasteiger partial charge < -0.3 is 23.7 Å². The highest BCUT2D eigenvalue weighted by molar-refractivity contribution is 7.79. The largest absolute Gasteiger partial charge is 0.459 e. The Morgan fingerprint density at radius 3 is 1.96 bits per heavy atom. The van der Waals surface area contributed by atoms with Crippen LogP contribution in [0.5, 0.6) is 0 Å². The first-order valence-corrected chi connectivity index (χ1v) is 10.1. The molecule has 1 aromatic heterocycles. The van der Waals surface area contributed by atoms with Gasteiger partial charge in [-0.25, -0.2) is 14.6 Å². The molecule has 0 aromatic carbocycles. The SMILES string of the molecule is CC.CC1COCCOCCOCCOC(=O)c2cccc(n2)C(=O)O1.CS. The summed E-state index contributed by atoms with van der Waals surface area (Å²) in [4.78, 5) is 27.9. The van der Waals surface area contributed by atoms with Gasteiger partial charge in [-0.3, -0.25) is 0 Å². The number of pyridine rings is 1. The summed E-state index contributed by atoms with van der Waals surface area (Å²) in [7, 11) is 0. The molecule has 1 atom stereocenters. The number of fused-ring (bicyclic) bond motifs is 2. The van der Waals surface area contributed by atoms with Crippen molar-refractivity contribution in [1.29, 1.82) is 0 Å². The van der Waals surface area contributed by atoms with Gasteiger partial charge in [0.2, 0.25) is 0 Å². The number of rotatable bonds is 0. The number of thiol groups is 1. The summed E-state index contributed by atoms with van der Waals surface area (Å²) in [5, 5.41) is 0. The second kappa shape index (κ2) is 17.4. The lowest BCUT2D eigenvalue weighted by atomic mass is 10.3. The van der Waals surface area contributed by atoms with Gasteiger partial charge in [-0.2, -0.15) is 12.6 Å². The quantitative estimate of drug-likeness (QED) is 0.508. The van der Waals surface area contributed by atoms with Gasteiger partial charge in [0.15, 0.2) is 0 Å². The molecule has 0 saturated carbocycles. The van der Waals surface area contributed by atoms with E-state index in [9.17, 15) is 9.59 Å². The van der Waals surface area contributed by atoms with Crippen molar-refractivity contribution < 1.29 is 33.3 Å². The average Bonchev–Trinajstić information content (AvgIpc) is 2.74. The van der Waals surface area contributed by atoms with Crippen LogP contribution >= 0.6 is 12.6 Å². The lowest BCUT2D eigenvalue weighted by Crippen LogP contribution is -2.23. The van der Waals surface area contributed by atoms with Crippen LogP contribution in [0.15, 0.2) is 18.2 Å². The second-order valence-electron chi connectivity index (χ2n) is 5.06. The summed E-state index contributed by atoms with van der Waals surface area (Å²) in [5.41, 5.74) is 0.0785. The van der Waals surface area contributed by atoms with Crippen LogP contribution < -0.4 is 0 Å². The third-order valence-electron chi connectivity index (χ3n) is 3.03. The summed E-state index contributed by atoms with van der Waals surface area (Å²) in [6, 6.07) is 4.49. The van der Waals surface area contributed by atoms with Crippen LogP contribution in [0, 0.1) is 0 Å². The number of hydrogen-bond acceptors (Lipinski definition) is 9. The highest BCUT2D eigenvalue weighted by Crippen LogP contribution is 2.06. The molecule has 1 unspecified atom stereocenters. The smallest absolute Gasteiger partial charge is 0.357 e. The normalized spacial score (nSPS) is 19.2. The van der Waals surface area contributed by atoms with Crippen molar-refractivity contribution in [2.24, 2.45) is 0 Å².